The van der Waals surface area contributed by atoms with Crippen LogP contribution in [0.25, 0.3) is 10.9 Å². The van der Waals surface area contributed by atoms with Gasteiger partial charge in [0.25, 0.3) is 0 Å². The third kappa shape index (κ3) is 2.58. The number of amides is 1. The summed E-state index contributed by atoms with van der Waals surface area (Å²) >= 11 is 0. The maximum Gasteiger partial charge on any atom is 0.307 e. The van der Waals surface area contributed by atoms with Crippen molar-refractivity contribution in [3.8, 4) is 0 Å². The highest BCUT2D eigenvalue weighted by Crippen LogP contribution is 2.34. The molecule has 116 valence electrons. The van der Waals surface area contributed by atoms with Crippen LogP contribution in [0.1, 0.15) is 24.0 Å². The molecule has 0 spiro atoms. The molecule has 0 aliphatic heterocycles. The molecule has 3 N–H and O–H groups in total. The van der Waals surface area contributed by atoms with Gasteiger partial charge >= 0.3 is 5.97 Å². The number of benzene rings is 1. The third-order valence-electron chi connectivity index (χ3n) is 4.62. The summed E-state index contributed by atoms with van der Waals surface area (Å²) in [5.74, 6) is -1.86. The Morgan fingerprint density at radius 1 is 1.32 bits per heavy atom. The smallest absolute Gasteiger partial charge is 0.307 e. The van der Waals surface area contributed by atoms with Gasteiger partial charge in [-0.25, -0.2) is 0 Å². The van der Waals surface area contributed by atoms with Crippen molar-refractivity contribution in [3.63, 3.8) is 0 Å². The Labute approximate surface area is 128 Å². The maximum absolute atomic E-state index is 12.0. The van der Waals surface area contributed by atoms with Gasteiger partial charge in [-0.15, -0.1) is 0 Å². The fraction of sp³-hybridized carbons (Fsp3) is 0.412. The predicted octanol–water partition coefficient (Wildman–Crippen LogP) is 2.25. The normalized spacial score (nSPS) is 20.6. The molecular formula is C17H20N2O3. The largest absolute Gasteiger partial charge is 0.481 e. The maximum atomic E-state index is 12.0. The molecule has 0 radical (unpaired) electrons. The van der Waals surface area contributed by atoms with Gasteiger partial charge in [0.1, 0.15) is 0 Å². The number of carboxylic acids is 1. The molecule has 1 heterocycles. The minimum Gasteiger partial charge on any atom is -0.481 e. The topological polar surface area (TPSA) is 82.2 Å². The van der Waals surface area contributed by atoms with Gasteiger partial charge in [0.2, 0.25) is 5.91 Å². The number of rotatable bonds is 5. The first-order valence-corrected chi connectivity index (χ1v) is 7.64. The number of carbonyl (C=O) groups excluding carboxylic acids is 1. The highest BCUT2D eigenvalue weighted by atomic mass is 16.4. The summed E-state index contributed by atoms with van der Waals surface area (Å²) in [6.07, 6.45) is 4.00. The van der Waals surface area contributed by atoms with Gasteiger partial charge in [-0.2, -0.15) is 0 Å². The van der Waals surface area contributed by atoms with Crippen LogP contribution in [0.4, 0.5) is 0 Å². The van der Waals surface area contributed by atoms with Gasteiger partial charge in [0.15, 0.2) is 0 Å². The molecule has 22 heavy (non-hydrogen) atoms. The molecule has 1 aromatic carbocycles. The molecule has 1 saturated carbocycles. The summed E-state index contributed by atoms with van der Waals surface area (Å²) in [6.45, 7) is 2.60. The van der Waals surface area contributed by atoms with Crippen molar-refractivity contribution in [2.24, 2.45) is 11.8 Å². The summed E-state index contributed by atoms with van der Waals surface area (Å²) in [4.78, 5) is 26.2. The second-order valence-corrected chi connectivity index (χ2v) is 5.98. The van der Waals surface area contributed by atoms with Crippen LogP contribution in [0.3, 0.4) is 0 Å². The minimum absolute atomic E-state index is 0.129. The molecule has 0 saturated heterocycles. The zero-order chi connectivity index (χ0) is 15.7. The molecule has 2 unspecified atom stereocenters. The average Bonchev–Trinajstić information content (AvgIpc) is 2.81. The van der Waals surface area contributed by atoms with Gasteiger partial charge in [-0.3, -0.25) is 9.59 Å². The van der Waals surface area contributed by atoms with Gasteiger partial charge in [-0.05, 0) is 43.4 Å². The number of hydrogen-bond donors (Lipinski definition) is 3. The first-order valence-electron chi connectivity index (χ1n) is 7.64. The van der Waals surface area contributed by atoms with Crippen molar-refractivity contribution in [3.05, 3.63) is 35.5 Å². The molecule has 5 nitrogen and oxygen atoms in total. The number of hydrogen-bond acceptors (Lipinski definition) is 2. The van der Waals surface area contributed by atoms with E-state index in [0.717, 1.165) is 11.9 Å². The van der Waals surface area contributed by atoms with E-state index >= 15 is 0 Å². The number of aromatic amines is 1. The van der Waals surface area contributed by atoms with Crippen molar-refractivity contribution in [1.29, 1.82) is 0 Å². The lowest BCUT2D eigenvalue weighted by Gasteiger charge is -2.31. The molecule has 2 atom stereocenters. The quantitative estimate of drug-likeness (QED) is 0.792. The number of aryl methyl sites for hydroxylation is 1. The van der Waals surface area contributed by atoms with Gasteiger partial charge in [0.05, 0.1) is 11.8 Å². The third-order valence-corrected chi connectivity index (χ3v) is 4.62. The van der Waals surface area contributed by atoms with E-state index in [1.165, 1.54) is 16.5 Å². The Morgan fingerprint density at radius 3 is 2.77 bits per heavy atom. The van der Waals surface area contributed by atoms with Crippen LogP contribution in [0.5, 0.6) is 0 Å². The van der Waals surface area contributed by atoms with Crippen LogP contribution >= 0.6 is 0 Å². The molecule has 1 aliphatic rings. The standard InChI is InChI=1S/C17H20N2O3/c1-10-3-2-4-14-15(10)11(9-19-14)7-8-18-16(20)12-5-6-13(12)17(21)22/h2-4,9,12-13,19H,5-8H2,1H3,(H,18,20)(H,21,22). The Balaban J connectivity index is 1.59. The van der Waals surface area contributed by atoms with Crippen molar-refractivity contribution < 1.29 is 14.7 Å². The van der Waals surface area contributed by atoms with E-state index in [1.807, 2.05) is 18.3 Å². The van der Waals surface area contributed by atoms with E-state index in [2.05, 4.69) is 23.3 Å². The Kier molecular flexibility index (Phi) is 3.88. The van der Waals surface area contributed by atoms with Crippen LogP contribution < -0.4 is 5.32 Å². The van der Waals surface area contributed by atoms with Gasteiger partial charge < -0.3 is 15.4 Å². The highest BCUT2D eigenvalue weighted by Gasteiger charge is 2.41. The summed E-state index contributed by atoms with van der Waals surface area (Å²) in [6, 6.07) is 6.13. The number of aliphatic carboxylic acids is 1. The molecule has 5 heteroatoms. The lowest BCUT2D eigenvalue weighted by atomic mass is 9.73. The second kappa shape index (κ2) is 5.83. The van der Waals surface area contributed by atoms with E-state index < -0.39 is 11.9 Å². The van der Waals surface area contributed by atoms with E-state index in [0.29, 0.717) is 19.4 Å². The van der Waals surface area contributed by atoms with E-state index in [1.54, 1.807) is 0 Å². The number of carbonyl (C=O) groups is 2. The lowest BCUT2D eigenvalue weighted by Crippen LogP contribution is -2.44. The van der Waals surface area contributed by atoms with Crippen LogP contribution in [0.2, 0.25) is 0 Å². The van der Waals surface area contributed by atoms with Crippen LogP contribution in [-0.2, 0) is 16.0 Å². The Morgan fingerprint density at radius 2 is 2.09 bits per heavy atom. The number of fused-ring (bicyclic) bond motifs is 1. The summed E-state index contributed by atoms with van der Waals surface area (Å²) in [5.41, 5.74) is 3.49. The zero-order valence-corrected chi connectivity index (χ0v) is 12.6. The fourth-order valence-corrected chi connectivity index (χ4v) is 3.21. The van der Waals surface area contributed by atoms with E-state index in [-0.39, 0.29) is 11.8 Å². The Bertz CT molecular complexity index is 720. The van der Waals surface area contributed by atoms with E-state index in [4.69, 9.17) is 5.11 Å². The number of aromatic nitrogens is 1. The van der Waals surface area contributed by atoms with Gasteiger partial charge in [-0.1, -0.05) is 12.1 Å². The molecule has 1 fully saturated rings. The monoisotopic (exact) mass is 300 g/mol. The molecule has 2 aromatic rings. The minimum atomic E-state index is -0.862. The number of H-pyrrole nitrogens is 1. The molecular weight excluding hydrogens is 280 g/mol. The number of nitrogens with one attached hydrogen (secondary N) is 2. The number of carboxylic acid groups (broad SMARTS) is 1. The van der Waals surface area contributed by atoms with Crippen molar-refractivity contribution in [2.75, 3.05) is 6.54 Å². The predicted molar refractivity (Wildman–Crippen MR) is 83.6 cm³/mol. The highest BCUT2D eigenvalue weighted by molar-refractivity contribution is 5.87. The van der Waals surface area contributed by atoms with Gasteiger partial charge in [0, 0.05) is 23.6 Å². The molecule has 1 aliphatic carbocycles. The SMILES string of the molecule is Cc1cccc2[nH]cc(CCNC(=O)C3CCC3C(=O)O)c12. The van der Waals surface area contributed by atoms with Crippen molar-refractivity contribution >= 4 is 22.8 Å². The molecule has 1 aromatic heterocycles. The Hall–Kier alpha value is -2.30. The average molecular weight is 300 g/mol. The molecule has 1 amide bonds. The zero-order valence-electron chi connectivity index (χ0n) is 12.6. The van der Waals surface area contributed by atoms with Crippen molar-refractivity contribution in [2.45, 2.75) is 26.2 Å². The molecule has 3 rings (SSSR count). The summed E-state index contributed by atoms with van der Waals surface area (Å²) in [5, 5.41) is 13.1. The van der Waals surface area contributed by atoms with E-state index in [9.17, 15) is 9.59 Å². The van der Waals surface area contributed by atoms with Crippen LogP contribution in [0, 0.1) is 18.8 Å². The fourth-order valence-electron chi connectivity index (χ4n) is 3.21. The first kappa shape index (κ1) is 14.6. The molecule has 0 bridgehead atoms. The van der Waals surface area contributed by atoms with Crippen LogP contribution in [0.15, 0.2) is 24.4 Å². The second-order valence-electron chi connectivity index (χ2n) is 5.98. The summed E-state index contributed by atoms with van der Waals surface area (Å²) < 4.78 is 0. The lowest BCUT2D eigenvalue weighted by molar-refractivity contribution is -0.152. The van der Waals surface area contributed by atoms with Crippen LogP contribution in [-0.4, -0.2) is 28.5 Å². The summed E-state index contributed by atoms with van der Waals surface area (Å²) in [7, 11) is 0. The first-order chi connectivity index (χ1) is 10.6. The van der Waals surface area contributed by atoms with Crippen molar-refractivity contribution in [1.82, 2.24) is 10.3 Å².